The Labute approximate surface area is 103 Å². The van der Waals surface area contributed by atoms with Gasteiger partial charge in [-0.05, 0) is 35.1 Å². The molecule has 84 valence electrons. The number of carbonyl (C=O) groups excluding carboxylic acids is 1. The van der Waals surface area contributed by atoms with Crippen molar-refractivity contribution in [3.8, 4) is 0 Å². The van der Waals surface area contributed by atoms with Gasteiger partial charge in [0.05, 0.1) is 10.3 Å². The number of hydrogen-bond donors (Lipinski definition) is 1. The predicted octanol–water partition coefficient (Wildman–Crippen LogP) is 2.08. The average molecular weight is 291 g/mol. The zero-order valence-electron chi connectivity index (χ0n) is 8.92. The standard InChI is InChI=1S/C10H15BrN2OS/c1-12-6-5-10(14)13(2)7-8-3-4-9(11)15-8/h3-4,12H,5-7H2,1-2H3. The fourth-order valence-corrected chi connectivity index (χ4v) is 2.72. The minimum absolute atomic E-state index is 0.175. The van der Waals surface area contributed by atoms with Crippen LogP contribution in [0.1, 0.15) is 11.3 Å². The number of carbonyl (C=O) groups is 1. The minimum atomic E-state index is 0.175. The number of hydrogen-bond acceptors (Lipinski definition) is 3. The number of amides is 1. The van der Waals surface area contributed by atoms with Gasteiger partial charge in [-0.2, -0.15) is 0 Å². The fourth-order valence-electron chi connectivity index (χ4n) is 1.18. The highest BCUT2D eigenvalue weighted by Crippen LogP contribution is 2.22. The van der Waals surface area contributed by atoms with E-state index < -0.39 is 0 Å². The van der Waals surface area contributed by atoms with E-state index in [0.29, 0.717) is 13.0 Å². The summed E-state index contributed by atoms with van der Waals surface area (Å²) in [5, 5.41) is 2.97. The zero-order valence-corrected chi connectivity index (χ0v) is 11.3. The van der Waals surface area contributed by atoms with Crippen LogP contribution in [0.15, 0.2) is 15.9 Å². The van der Waals surface area contributed by atoms with Crippen LogP contribution in [0.2, 0.25) is 0 Å². The van der Waals surface area contributed by atoms with Crippen LogP contribution in [-0.4, -0.2) is 31.4 Å². The zero-order chi connectivity index (χ0) is 11.3. The van der Waals surface area contributed by atoms with E-state index in [0.717, 1.165) is 10.3 Å². The summed E-state index contributed by atoms with van der Waals surface area (Å²) in [6.07, 6.45) is 0.555. The number of thiophene rings is 1. The van der Waals surface area contributed by atoms with Crippen LogP contribution in [0.5, 0.6) is 0 Å². The Hall–Kier alpha value is -0.390. The van der Waals surface area contributed by atoms with Crippen LogP contribution in [0.25, 0.3) is 0 Å². The first-order chi connectivity index (χ1) is 7.13. The maximum atomic E-state index is 11.6. The lowest BCUT2D eigenvalue weighted by atomic mass is 10.3. The molecular formula is C10H15BrN2OS. The molecule has 0 bridgehead atoms. The topological polar surface area (TPSA) is 32.3 Å². The van der Waals surface area contributed by atoms with Crippen molar-refractivity contribution in [2.24, 2.45) is 0 Å². The van der Waals surface area contributed by atoms with Crippen LogP contribution >= 0.6 is 27.3 Å². The van der Waals surface area contributed by atoms with Gasteiger partial charge in [0, 0.05) is 24.9 Å². The molecule has 0 atom stereocenters. The second-order valence-corrected chi connectivity index (χ2v) is 5.86. The molecule has 5 heteroatoms. The van der Waals surface area contributed by atoms with Gasteiger partial charge >= 0.3 is 0 Å². The summed E-state index contributed by atoms with van der Waals surface area (Å²) in [7, 11) is 3.69. The Morgan fingerprint density at radius 3 is 2.87 bits per heavy atom. The Morgan fingerprint density at radius 1 is 1.60 bits per heavy atom. The van der Waals surface area contributed by atoms with Crippen molar-refractivity contribution in [1.82, 2.24) is 10.2 Å². The molecule has 15 heavy (non-hydrogen) atoms. The van der Waals surface area contributed by atoms with Crippen LogP contribution in [0, 0.1) is 0 Å². The predicted molar refractivity (Wildman–Crippen MR) is 67.0 cm³/mol. The normalized spacial score (nSPS) is 10.3. The van der Waals surface area contributed by atoms with Crippen molar-refractivity contribution in [3.05, 3.63) is 20.8 Å². The highest BCUT2D eigenvalue weighted by Gasteiger charge is 2.09. The van der Waals surface area contributed by atoms with Crippen LogP contribution in [0.3, 0.4) is 0 Å². The van der Waals surface area contributed by atoms with Crippen LogP contribution in [0.4, 0.5) is 0 Å². The van der Waals surface area contributed by atoms with Crippen molar-refractivity contribution in [3.63, 3.8) is 0 Å². The van der Waals surface area contributed by atoms with Crippen LogP contribution in [-0.2, 0) is 11.3 Å². The molecular weight excluding hydrogens is 276 g/mol. The summed E-state index contributed by atoms with van der Waals surface area (Å²) in [6, 6.07) is 4.04. The molecule has 0 aliphatic carbocycles. The summed E-state index contributed by atoms with van der Waals surface area (Å²) < 4.78 is 1.11. The molecule has 0 spiro atoms. The molecule has 0 saturated heterocycles. The van der Waals surface area contributed by atoms with E-state index in [1.165, 1.54) is 4.88 Å². The lowest BCUT2D eigenvalue weighted by molar-refractivity contribution is -0.130. The fraction of sp³-hybridized carbons (Fsp3) is 0.500. The summed E-state index contributed by atoms with van der Waals surface area (Å²) in [4.78, 5) is 14.5. The van der Waals surface area contributed by atoms with Gasteiger partial charge in [0.2, 0.25) is 5.91 Å². The summed E-state index contributed by atoms with van der Waals surface area (Å²) in [6.45, 7) is 1.43. The lowest BCUT2D eigenvalue weighted by Gasteiger charge is -2.15. The van der Waals surface area contributed by atoms with Crippen LogP contribution < -0.4 is 5.32 Å². The molecule has 0 saturated carbocycles. The second-order valence-electron chi connectivity index (χ2n) is 3.31. The van der Waals surface area contributed by atoms with Gasteiger partial charge in [-0.25, -0.2) is 0 Å². The number of nitrogens with one attached hydrogen (secondary N) is 1. The first kappa shape index (κ1) is 12.7. The molecule has 0 aliphatic rings. The quantitative estimate of drug-likeness (QED) is 0.901. The third kappa shape index (κ3) is 4.32. The maximum Gasteiger partial charge on any atom is 0.223 e. The van der Waals surface area contributed by atoms with Crippen molar-refractivity contribution < 1.29 is 4.79 Å². The van der Waals surface area contributed by atoms with Crippen molar-refractivity contribution in [2.45, 2.75) is 13.0 Å². The molecule has 1 aromatic rings. The number of nitrogens with zero attached hydrogens (tertiary/aromatic N) is 1. The van der Waals surface area contributed by atoms with Gasteiger partial charge in [0.15, 0.2) is 0 Å². The smallest absolute Gasteiger partial charge is 0.223 e. The van der Waals surface area contributed by atoms with E-state index in [2.05, 4.69) is 21.2 Å². The second kappa shape index (κ2) is 6.25. The van der Waals surface area contributed by atoms with Gasteiger partial charge < -0.3 is 10.2 Å². The minimum Gasteiger partial charge on any atom is -0.341 e. The van der Waals surface area contributed by atoms with E-state index in [1.807, 2.05) is 26.2 Å². The highest BCUT2D eigenvalue weighted by molar-refractivity contribution is 9.11. The number of halogens is 1. The van der Waals surface area contributed by atoms with Gasteiger partial charge in [-0.3, -0.25) is 4.79 Å². The van der Waals surface area contributed by atoms with E-state index in [-0.39, 0.29) is 5.91 Å². The molecule has 1 aromatic heterocycles. The van der Waals surface area contributed by atoms with Gasteiger partial charge in [0.1, 0.15) is 0 Å². The van der Waals surface area contributed by atoms with Crippen molar-refractivity contribution in [2.75, 3.05) is 20.6 Å². The van der Waals surface area contributed by atoms with E-state index in [9.17, 15) is 4.79 Å². The molecule has 0 fully saturated rings. The summed E-state index contributed by atoms with van der Waals surface area (Å²) >= 11 is 5.07. The molecule has 1 amide bonds. The van der Waals surface area contributed by atoms with Gasteiger partial charge in [-0.15, -0.1) is 11.3 Å². The molecule has 0 radical (unpaired) electrons. The largest absolute Gasteiger partial charge is 0.341 e. The van der Waals surface area contributed by atoms with Gasteiger partial charge in [-0.1, -0.05) is 0 Å². The first-order valence-electron chi connectivity index (χ1n) is 4.76. The Bertz CT molecular complexity index is 327. The first-order valence-corrected chi connectivity index (χ1v) is 6.37. The molecule has 1 heterocycles. The summed E-state index contributed by atoms with van der Waals surface area (Å²) in [5.41, 5.74) is 0. The molecule has 0 aliphatic heterocycles. The Kier molecular flexibility index (Phi) is 5.28. The Morgan fingerprint density at radius 2 is 2.33 bits per heavy atom. The SMILES string of the molecule is CNCCC(=O)N(C)Cc1ccc(Br)s1. The molecule has 1 rings (SSSR count). The third-order valence-electron chi connectivity index (χ3n) is 2.04. The maximum absolute atomic E-state index is 11.6. The van der Waals surface area contributed by atoms with E-state index >= 15 is 0 Å². The van der Waals surface area contributed by atoms with Crippen molar-refractivity contribution in [1.29, 1.82) is 0 Å². The monoisotopic (exact) mass is 290 g/mol. The molecule has 0 aromatic carbocycles. The van der Waals surface area contributed by atoms with E-state index in [4.69, 9.17) is 0 Å². The molecule has 3 nitrogen and oxygen atoms in total. The molecule has 0 unspecified atom stereocenters. The summed E-state index contributed by atoms with van der Waals surface area (Å²) in [5.74, 6) is 0.175. The Balaban J connectivity index is 2.41. The van der Waals surface area contributed by atoms with Crippen molar-refractivity contribution >= 4 is 33.2 Å². The highest BCUT2D eigenvalue weighted by atomic mass is 79.9. The molecule has 1 N–H and O–H groups in total. The van der Waals surface area contributed by atoms with Gasteiger partial charge in [0.25, 0.3) is 0 Å². The number of rotatable bonds is 5. The average Bonchev–Trinajstić information content (AvgIpc) is 2.60. The lowest BCUT2D eigenvalue weighted by Crippen LogP contribution is -2.28. The third-order valence-corrected chi connectivity index (χ3v) is 3.64. The van der Waals surface area contributed by atoms with E-state index in [1.54, 1.807) is 16.2 Å².